The molecule has 1 aliphatic rings. The minimum atomic E-state index is -0.263. The van der Waals surface area contributed by atoms with E-state index in [1.807, 2.05) is 30.3 Å². The van der Waals surface area contributed by atoms with Crippen LogP contribution in [0.5, 0.6) is 0 Å². The van der Waals surface area contributed by atoms with Crippen LogP contribution in [0.4, 0.5) is 4.39 Å². The monoisotopic (exact) mass is 289 g/mol. The highest BCUT2D eigenvalue weighted by molar-refractivity contribution is 6.30. The van der Waals surface area contributed by atoms with Gasteiger partial charge in [-0.2, -0.15) is 0 Å². The van der Waals surface area contributed by atoms with Crippen LogP contribution in [0.15, 0.2) is 48.5 Å². The van der Waals surface area contributed by atoms with Gasteiger partial charge in [0.1, 0.15) is 5.82 Å². The van der Waals surface area contributed by atoms with Gasteiger partial charge in [-0.05, 0) is 36.6 Å². The second-order valence-corrected chi connectivity index (χ2v) is 5.70. The summed E-state index contributed by atoms with van der Waals surface area (Å²) < 4.78 is 14.2. The third kappa shape index (κ3) is 2.72. The molecule has 0 saturated carbocycles. The summed E-state index contributed by atoms with van der Waals surface area (Å²) >= 11 is 5.90. The molecule has 0 spiro atoms. The van der Waals surface area contributed by atoms with E-state index in [-0.39, 0.29) is 22.8 Å². The fraction of sp³-hybridized carbons (Fsp3) is 0.294. The zero-order chi connectivity index (χ0) is 13.9. The van der Waals surface area contributed by atoms with Crippen molar-refractivity contribution in [3.63, 3.8) is 0 Å². The van der Waals surface area contributed by atoms with Gasteiger partial charge in [0.2, 0.25) is 0 Å². The average Bonchev–Trinajstić information content (AvgIpc) is 2.91. The lowest BCUT2D eigenvalue weighted by Crippen LogP contribution is -2.28. The molecule has 2 atom stereocenters. The highest BCUT2D eigenvalue weighted by Crippen LogP contribution is 2.33. The summed E-state index contributed by atoms with van der Waals surface area (Å²) in [7, 11) is 0. The van der Waals surface area contributed by atoms with Crippen molar-refractivity contribution in [1.29, 1.82) is 0 Å². The van der Waals surface area contributed by atoms with Crippen molar-refractivity contribution in [2.24, 2.45) is 0 Å². The number of halogens is 2. The molecule has 104 valence electrons. The molecule has 1 nitrogen and oxygen atoms in total. The molecule has 0 aromatic heterocycles. The van der Waals surface area contributed by atoms with Crippen LogP contribution < -0.4 is 5.32 Å². The normalized spacial score (nSPS) is 22.1. The van der Waals surface area contributed by atoms with E-state index in [4.69, 9.17) is 11.6 Å². The van der Waals surface area contributed by atoms with Gasteiger partial charge in [-0.1, -0.05) is 54.1 Å². The van der Waals surface area contributed by atoms with E-state index in [9.17, 15) is 4.39 Å². The zero-order valence-electron chi connectivity index (χ0n) is 11.2. The van der Waals surface area contributed by atoms with E-state index < -0.39 is 0 Å². The first-order chi connectivity index (χ1) is 9.75. The largest absolute Gasteiger partial charge is 0.313 e. The molecule has 3 heteroatoms. The maximum atomic E-state index is 14.2. The van der Waals surface area contributed by atoms with Crippen molar-refractivity contribution < 1.29 is 4.39 Å². The summed E-state index contributed by atoms with van der Waals surface area (Å²) in [5.74, 6) is -0.0742. The molecule has 1 saturated heterocycles. The van der Waals surface area contributed by atoms with Crippen molar-refractivity contribution in [2.45, 2.75) is 24.8 Å². The Balaban J connectivity index is 1.84. The van der Waals surface area contributed by atoms with E-state index in [2.05, 4.69) is 17.4 Å². The Labute approximate surface area is 123 Å². The van der Waals surface area contributed by atoms with Crippen LogP contribution in [0.2, 0.25) is 5.02 Å². The lowest BCUT2D eigenvalue weighted by atomic mass is 9.88. The first-order valence-corrected chi connectivity index (χ1v) is 7.34. The molecular formula is C17H17ClFN. The predicted octanol–water partition coefficient (Wildman–Crippen LogP) is 4.17. The summed E-state index contributed by atoms with van der Waals surface area (Å²) in [4.78, 5) is 0. The molecule has 1 fully saturated rings. The van der Waals surface area contributed by atoms with Crippen LogP contribution in [-0.4, -0.2) is 12.6 Å². The van der Waals surface area contributed by atoms with Crippen molar-refractivity contribution in [3.05, 3.63) is 70.5 Å². The molecule has 2 aromatic rings. The molecule has 0 bridgehead atoms. The van der Waals surface area contributed by atoms with E-state index >= 15 is 0 Å². The first kappa shape index (κ1) is 13.6. The van der Waals surface area contributed by atoms with Crippen LogP contribution in [0.3, 0.4) is 0 Å². The molecule has 2 aromatic carbocycles. The third-order valence-corrected chi connectivity index (χ3v) is 4.32. The highest BCUT2D eigenvalue weighted by Gasteiger charge is 2.30. The fourth-order valence-corrected chi connectivity index (χ4v) is 3.21. The van der Waals surface area contributed by atoms with E-state index in [1.165, 1.54) is 5.56 Å². The Kier molecular flexibility index (Phi) is 4.04. The van der Waals surface area contributed by atoms with Gasteiger partial charge in [0.15, 0.2) is 0 Å². The van der Waals surface area contributed by atoms with Crippen molar-refractivity contribution in [2.75, 3.05) is 6.54 Å². The van der Waals surface area contributed by atoms with Crippen LogP contribution in [-0.2, 0) is 6.42 Å². The molecular weight excluding hydrogens is 273 g/mol. The lowest BCUT2D eigenvalue weighted by molar-refractivity contribution is 0.514. The molecule has 1 heterocycles. The van der Waals surface area contributed by atoms with E-state index in [1.54, 1.807) is 6.07 Å². The summed E-state index contributed by atoms with van der Waals surface area (Å²) in [5, 5.41) is 3.71. The second kappa shape index (κ2) is 5.94. The van der Waals surface area contributed by atoms with Crippen molar-refractivity contribution in [1.82, 2.24) is 5.32 Å². The minimum Gasteiger partial charge on any atom is -0.313 e. The molecule has 1 aliphatic heterocycles. The van der Waals surface area contributed by atoms with Gasteiger partial charge in [-0.15, -0.1) is 0 Å². The Hall–Kier alpha value is -1.38. The topological polar surface area (TPSA) is 12.0 Å². The summed E-state index contributed by atoms with van der Waals surface area (Å²) in [5.41, 5.74) is 2.02. The molecule has 2 unspecified atom stereocenters. The minimum absolute atomic E-state index is 0.189. The zero-order valence-corrected chi connectivity index (χ0v) is 11.9. The molecule has 3 rings (SSSR count). The predicted molar refractivity (Wildman–Crippen MR) is 80.7 cm³/mol. The smallest absolute Gasteiger partial charge is 0.145 e. The molecule has 0 aliphatic carbocycles. The fourth-order valence-electron chi connectivity index (χ4n) is 3.03. The molecule has 20 heavy (non-hydrogen) atoms. The third-order valence-electron chi connectivity index (χ3n) is 4.03. The molecule has 0 radical (unpaired) electrons. The maximum Gasteiger partial charge on any atom is 0.145 e. The Morgan fingerprint density at radius 2 is 1.90 bits per heavy atom. The Morgan fingerprint density at radius 3 is 2.70 bits per heavy atom. The standard InChI is InChI=1S/C17H17ClFN/c18-15-8-4-7-14(17(15)19)13-9-10-20-16(13)11-12-5-2-1-3-6-12/h1-8,13,16,20H,9-11H2. The summed E-state index contributed by atoms with van der Waals surface area (Å²) in [6.07, 6.45) is 1.87. The van der Waals surface area contributed by atoms with E-state index in [0.29, 0.717) is 0 Å². The van der Waals surface area contributed by atoms with Gasteiger partial charge in [0.05, 0.1) is 5.02 Å². The average molecular weight is 290 g/mol. The number of benzene rings is 2. The quantitative estimate of drug-likeness (QED) is 0.894. The van der Waals surface area contributed by atoms with Crippen LogP contribution in [0, 0.1) is 5.82 Å². The number of hydrogen-bond acceptors (Lipinski definition) is 1. The van der Waals surface area contributed by atoms with Gasteiger partial charge < -0.3 is 5.32 Å². The van der Waals surface area contributed by atoms with Crippen molar-refractivity contribution in [3.8, 4) is 0 Å². The Bertz CT molecular complexity index is 585. The van der Waals surface area contributed by atoms with Gasteiger partial charge in [0, 0.05) is 12.0 Å². The number of rotatable bonds is 3. The van der Waals surface area contributed by atoms with Crippen LogP contribution in [0.1, 0.15) is 23.5 Å². The van der Waals surface area contributed by atoms with Gasteiger partial charge in [0.25, 0.3) is 0 Å². The maximum absolute atomic E-state index is 14.2. The molecule has 1 N–H and O–H groups in total. The first-order valence-electron chi connectivity index (χ1n) is 6.97. The Morgan fingerprint density at radius 1 is 1.10 bits per heavy atom. The summed E-state index contributed by atoms with van der Waals surface area (Å²) in [6.45, 7) is 0.925. The lowest BCUT2D eigenvalue weighted by Gasteiger charge is -2.21. The number of nitrogens with one attached hydrogen (secondary N) is 1. The van der Waals surface area contributed by atoms with Gasteiger partial charge in [-0.25, -0.2) is 4.39 Å². The van der Waals surface area contributed by atoms with Gasteiger partial charge in [-0.3, -0.25) is 0 Å². The molecule has 0 amide bonds. The van der Waals surface area contributed by atoms with Crippen molar-refractivity contribution >= 4 is 11.6 Å². The van der Waals surface area contributed by atoms with E-state index in [0.717, 1.165) is 24.9 Å². The highest BCUT2D eigenvalue weighted by atomic mass is 35.5. The SMILES string of the molecule is Fc1c(Cl)cccc1C1CCNC1Cc1ccccc1. The summed E-state index contributed by atoms with van der Waals surface area (Å²) in [6, 6.07) is 15.9. The second-order valence-electron chi connectivity index (χ2n) is 5.29. The van der Waals surface area contributed by atoms with Crippen LogP contribution >= 0.6 is 11.6 Å². The van der Waals surface area contributed by atoms with Gasteiger partial charge >= 0.3 is 0 Å². The van der Waals surface area contributed by atoms with Crippen LogP contribution in [0.25, 0.3) is 0 Å². The number of hydrogen-bond donors (Lipinski definition) is 1.